The number of rotatable bonds is 4. The molecule has 0 bridgehead atoms. The van der Waals surface area contributed by atoms with E-state index in [-0.39, 0.29) is 11.8 Å². The molecule has 1 aliphatic rings. The van der Waals surface area contributed by atoms with Crippen molar-refractivity contribution >= 4 is 39.1 Å². The Bertz CT molecular complexity index is 890. The molecule has 1 N–H and O–H groups in total. The van der Waals surface area contributed by atoms with Gasteiger partial charge in [0.2, 0.25) is 11.8 Å². The Morgan fingerprint density at radius 3 is 2.72 bits per heavy atom. The lowest BCUT2D eigenvalue weighted by molar-refractivity contribution is -0.132. The molecule has 1 unspecified atom stereocenters. The van der Waals surface area contributed by atoms with Gasteiger partial charge in [0, 0.05) is 12.2 Å². The highest BCUT2D eigenvalue weighted by atomic mass is 32.1. The number of hydrogen-bond donors (Lipinski definition) is 1. The lowest BCUT2D eigenvalue weighted by atomic mass is 10.1. The number of benzene rings is 2. The maximum atomic E-state index is 12.6. The maximum absolute atomic E-state index is 12.6. The standard InChI is InChI=1S/C19H17N3O2S/c23-18(20-12-17-21-15-8-4-5-9-16(15)25-17)14-10-11-22(19(14)24)13-6-2-1-3-7-13/h1-9,14H,10-12H2,(H,20,23). The molecule has 1 atom stereocenters. The van der Waals surface area contributed by atoms with Gasteiger partial charge in [0.05, 0.1) is 16.8 Å². The van der Waals surface area contributed by atoms with Crippen LogP contribution in [0.2, 0.25) is 0 Å². The van der Waals surface area contributed by atoms with Crippen LogP contribution in [0.3, 0.4) is 0 Å². The van der Waals surface area contributed by atoms with Crippen molar-refractivity contribution in [1.82, 2.24) is 10.3 Å². The number of thiazole rings is 1. The summed E-state index contributed by atoms with van der Waals surface area (Å²) < 4.78 is 1.10. The van der Waals surface area contributed by atoms with E-state index in [1.807, 2.05) is 54.6 Å². The number of para-hydroxylation sites is 2. The summed E-state index contributed by atoms with van der Waals surface area (Å²) in [5.74, 6) is -0.967. The second-order valence-electron chi connectivity index (χ2n) is 5.96. The van der Waals surface area contributed by atoms with Gasteiger partial charge >= 0.3 is 0 Å². The van der Waals surface area contributed by atoms with E-state index in [0.29, 0.717) is 19.5 Å². The smallest absolute Gasteiger partial charge is 0.239 e. The Hall–Kier alpha value is -2.73. The lowest BCUT2D eigenvalue weighted by Crippen LogP contribution is -2.36. The SMILES string of the molecule is O=C(NCc1nc2ccccc2s1)C1CCN(c2ccccc2)C1=O. The Balaban J connectivity index is 1.40. The van der Waals surface area contributed by atoms with Gasteiger partial charge < -0.3 is 10.2 Å². The summed E-state index contributed by atoms with van der Waals surface area (Å²) in [7, 11) is 0. The third-order valence-electron chi connectivity index (χ3n) is 4.34. The van der Waals surface area contributed by atoms with Crippen LogP contribution in [0.25, 0.3) is 10.2 Å². The third kappa shape index (κ3) is 3.13. The van der Waals surface area contributed by atoms with Gasteiger partial charge in [0.1, 0.15) is 10.9 Å². The van der Waals surface area contributed by atoms with Gasteiger partial charge in [0.15, 0.2) is 0 Å². The number of aromatic nitrogens is 1. The molecule has 1 saturated heterocycles. The molecule has 4 rings (SSSR count). The number of fused-ring (bicyclic) bond motifs is 1. The Morgan fingerprint density at radius 2 is 1.92 bits per heavy atom. The van der Waals surface area contributed by atoms with Crippen molar-refractivity contribution in [3.8, 4) is 0 Å². The highest BCUT2D eigenvalue weighted by Gasteiger charge is 2.37. The molecule has 5 nitrogen and oxygen atoms in total. The molecule has 0 spiro atoms. The van der Waals surface area contributed by atoms with E-state index in [1.54, 1.807) is 16.2 Å². The lowest BCUT2D eigenvalue weighted by Gasteiger charge is -2.16. The third-order valence-corrected chi connectivity index (χ3v) is 5.38. The zero-order chi connectivity index (χ0) is 17.2. The van der Waals surface area contributed by atoms with Gasteiger partial charge in [-0.3, -0.25) is 9.59 Å². The summed E-state index contributed by atoms with van der Waals surface area (Å²) in [6.07, 6.45) is 0.541. The van der Waals surface area contributed by atoms with Crippen LogP contribution in [0.5, 0.6) is 0 Å². The fourth-order valence-corrected chi connectivity index (χ4v) is 3.98. The molecule has 1 aromatic heterocycles. The largest absolute Gasteiger partial charge is 0.349 e. The van der Waals surface area contributed by atoms with Gasteiger partial charge in [0.25, 0.3) is 0 Å². The predicted molar refractivity (Wildman–Crippen MR) is 98.4 cm³/mol. The molecule has 3 aromatic rings. The van der Waals surface area contributed by atoms with Crippen molar-refractivity contribution in [2.75, 3.05) is 11.4 Å². The van der Waals surface area contributed by atoms with Gasteiger partial charge in [-0.15, -0.1) is 11.3 Å². The predicted octanol–water partition coefficient (Wildman–Crippen LogP) is 2.97. The van der Waals surface area contributed by atoms with Gasteiger partial charge in [-0.1, -0.05) is 30.3 Å². The first kappa shape index (κ1) is 15.8. The molecule has 1 fully saturated rings. The fourth-order valence-electron chi connectivity index (χ4n) is 3.07. The van der Waals surface area contributed by atoms with Crippen LogP contribution < -0.4 is 10.2 Å². The minimum Gasteiger partial charge on any atom is -0.349 e. The van der Waals surface area contributed by atoms with E-state index < -0.39 is 5.92 Å². The van der Waals surface area contributed by atoms with Crippen molar-refractivity contribution < 1.29 is 9.59 Å². The van der Waals surface area contributed by atoms with Crippen LogP contribution in [0.15, 0.2) is 54.6 Å². The molecule has 2 amide bonds. The molecule has 126 valence electrons. The van der Waals surface area contributed by atoms with E-state index in [1.165, 1.54) is 0 Å². The zero-order valence-electron chi connectivity index (χ0n) is 13.5. The van der Waals surface area contributed by atoms with Crippen molar-refractivity contribution in [3.63, 3.8) is 0 Å². The Morgan fingerprint density at radius 1 is 1.16 bits per heavy atom. The molecule has 0 saturated carbocycles. The molecular weight excluding hydrogens is 334 g/mol. The van der Waals surface area contributed by atoms with E-state index >= 15 is 0 Å². The zero-order valence-corrected chi connectivity index (χ0v) is 14.3. The summed E-state index contributed by atoms with van der Waals surface area (Å²) in [6.45, 7) is 0.926. The number of carbonyl (C=O) groups is 2. The number of hydrogen-bond acceptors (Lipinski definition) is 4. The number of anilines is 1. The van der Waals surface area contributed by atoms with Gasteiger partial charge in [-0.05, 0) is 30.7 Å². The number of nitrogens with zero attached hydrogens (tertiary/aromatic N) is 2. The van der Waals surface area contributed by atoms with E-state index in [0.717, 1.165) is 20.9 Å². The minimum absolute atomic E-state index is 0.131. The normalized spacial score (nSPS) is 17.2. The van der Waals surface area contributed by atoms with Crippen LogP contribution in [-0.2, 0) is 16.1 Å². The number of amides is 2. The monoisotopic (exact) mass is 351 g/mol. The van der Waals surface area contributed by atoms with Crippen LogP contribution in [0.1, 0.15) is 11.4 Å². The summed E-state index contributed by atoms with van der Waals surface area (Å²) in [5, 5.41) is 3.71. The van der Waals surface area contributed by atoms with E-state index in [2.05, 4.69) is 10.3 Å². The van der Waals surface area contributed by atoms with Gasteiger partial charge in [-0.25, -0.2) is 4.98 Å². The maximum Gasteiger partial charge on any atom is 0.239 e. The van der Waals surface area contributed by atoms with Crippen molar-refractivity contribution in [2.45, 2.75) is 13.0 Å². The topological polar surface area (TPSA) is 62.3 Å². The Kier molecular flexibility index (Phi) is 4.19. The van der Waals surface area contributed by atoms with Crippen molar-refractivity contribution in [1.29, 1.82) is 0 Å². The molecule has 25 heavy (non-hydrogen) atoms. The average Bonchev–Trinajstić information content (AvgIpc) is 3.23. The van der Waals surface area contributed by atoms with E-state index in [9.17, 15) is 9.59 Å². The molecule has 2 heterocycles. The molecule has 6 heteroatoms. The molecule has 2 aromatic carbocycles. The molecule has 0 radical (unpaired) electrons. The summed E-state index contributed by atoms with van der Waals surface area (Å²) in [4.78, 5) is 31.2. The number of nitrogens with one attached hydrogen (secondary N) is 1. The molecular formula is C19H17N3O2S. The van der Waals surface area contributed by atoms with Crippen molar-refractivity contribution in [3.05, 3.63) is 59.6 Å². The first-order chi connectivity index (χ1) is 12.2. The van der Waals surface area contributed by atoms with Crippen LogP contribution in [0, 0.1) is 5.92 Å². The summed E-state index contributed by atoms with van der Waals surface area (Å²) >= 11 is 1.56. The second kappa shape index (κ2) is 6.64. The first-order valence-electron chi connectivity index (χ1n) is 8.21. The fraction of sp³-hybridized carbons (Fsp3) is 0.211. The average molecular weight is 351 g/mol. The molecule has 0 aliphatic carbocycles. The van der Waals surface area contributed by atoms with Crippen molar-refractivity contribution in [2.24, 2.45) is 5.92 Å². The highest BCUT2D eigenvalue weighted by Crippen LogP contribution is 2.25. The minimum atomic E-state index is -0.616. The van der Waals surface area contributed by atoms with Crippen LogP contribution in [0.4, 0.5) is 5.69 Å². The Labute approximate surface area is 149 Å². The number of carbonyl (C=O) groups excluding carboxylic acids is 2. The quantitative estimate of drug-likeness (QED) is 0.735. The summed E-state index contributed by atoms with van der Waals surface area (Å²) in [6, 6.07) is 17.3. The van der Waals surface area contributed by atoms with Crippen LogP contribution in [-0.4, -0.2) is 23.3 Å². The van der Waals surface area contributed by atoms with Gasteiger partial charge in [-0.2, -0.15) is 0 Å². The molecule has 1 aliphatic heterocycles. The highest BCUT2D eigenvalue weighted by molar-refractivity contribution is 7.18. The summed E-state index contributed by atoms with van der Waals surface area (Å²) in [5.41, 5.74) is 1.78. The van der Waals surface area contributed by atoms with Crippen LogP contribution >= 0.6 is 11.3 Å². The first-order valence-corrected chi connectivity index (χ1v) is 9.02. The van der Waals surface area contributed by atoms with E-state index in [4.69, 9.17) is 0 Å². The second-order valence-corrected chi connectivity index (χ2v) is 7.08.